The molecule has 5 aromatic carbocycles. The lowest BCUT2D eigenvalue weighted by Gasteiger charge is -2.26. The molecule has 74 heavy (non-hydrogen) atoms. The van der Waals surface area contributed by atoms with Gasteiger partial charge in [0.1, 0.15) is 46.0 Å². The van der Waals surface area contributed by atoms with Crippen molar-refractivity contribution < 1.29 is 77.6 Å². The van der Waals surface area contributed by atoms with Crippen LogP contribution in [0.25, 0.3) is 0 Å². The minimum absolute atomic E-state index is 0.149. The van der Waals surface area contributed by atoms with E-state index < -0.39 is 70.9 Å². The summed E-state index contributed by atoms with van der Waals surface area (Å²) in [6, 6.07) is 26.2. The molecule has 2 heterocycles. The maximum absolute atomic E-state index is 13.7. The Labute approximate surface area is 429 Å². The summed E-state index contributed by atoms with van der Waals surface area (Å²) in [5.74, 6) is -2.85. The first-order valence-electron chi connectivity index (χ1n) is 21.1. The van der Waals surface area contributed by atoms with Gasteiger partial charge < -0.3 is 33.9 Å². The molecule has 1 N–H and O–H groups in total. The second-order valence-electron chi connectivity index (χ2n) is 15.0. The average Bonchev–Trinajstić information content (AvgIpc) is 3.84. The average molecular weight is 1100 g/mol. The number of nitrogens with one attached hydrogen (secondary N) is 1. The highest BCUT2D eigenvalue weighted by atomic mass is 35.5. The zero-order valence-corrected chi connectivity index (χ0v) is 40.9. The number of benzene rings is 5. The molecule has 25 heteroatoms. The van der Waals surface area contributed by atoms with E-state index in [1.165, 1.54) is 60.7 Å². The number of halogens is 11. The molecule has 0 saturated carbocycles. The highest BCUT2D eigenvalue weighted by Gasteiger charge is 2.36. The molecule has 7 rings (SSSR count). The first-order chi connectivity index (χ1) is 34.9. The Morgan fingerprint density at radius 1 is 0.730 bits per heavy atom. The van der Waals surface area contributed by atoms with Crippen LogP contribution in [0.2, 0.25) is 10.0 Å². The largest absolute Gasteiger partial charge is 0.479 e. The summed E-state index contributed by atoms with van der Waals surface area (Å²) in [5.41, 5.74) is -0.905. The Morgan fingerprint density at radius 2 is 1.41 bits per heavy atom. The van der Waals surface area contributed by atoms with Crippen LogP contribution in [0, 0.1) is 17.5 Å². The van der Waals surface area contributed by atoms with Gasteiger partial charge >= 0.3 is 18.3 Å². The van der Waals surface area contributed by atoms with Crippen molar-refractivity contribution in [3.8, 4) is 34.1 Å². The summed E-state index contributed by atoms with van der Waals surface area (Å²) < 4.78 is 141. The van der Waals surface area contributed by atoms with E-state index in [9.17, 15) is 53.9 Å². The van der Waals surface area contributed by atoms with Crippen molar-refractivity contribution >= 4 is 63.7 Å². The summed E-state index contributed by atoms with van der Waals surface area (Å²) in [4.78, 5) is 41.2. The van der Waals surface area contributed by atoms with E-state index in [2.05, 4.69) is 25.2 Å². The quantitative estimate of drug-likeness (QED) is 0.0818. The molecule has 390 valence electrons. The SMILES string of the molecule is CC(C)N(C(=O)COc1nnc(C(F)(F)F)s1)c1ccc(F)cc1.COC(=O)[C@H](C)Oc1ccc(Oc2ccc(Cl)cc2Cl)cc1.O=C(Nc1ccc(F)cc1F)c1cccnc1Oc1cccc(C(F)(F)F)c1. The fourth-order valence-corrected chi connectivity index (χ4v) is 6.88. The molecule has 0 saturated heterocycles. The van der Waals surface area contributed by atoms with Crippen LogP contribution >= 0.6 is 34.5 Å². The van der Waals surface area contributed by atoms with Gasteiger partial charge in [0.15, 0.2) is 12.7 Å². The Hall–Kier alpha value is -7.63. The van der Waals surface area contributed by atoms with Crippen LogP contribution in [0.3, 0.4) is 0 Å². The van der Waals surface area contributed by atoms with Gasteiger partial charge in [0.2, 0.25) is 10.9 Å². The van der Waals surface area contributed by atoms with E-state index in [-0.39, 0.29) is 45.5 Å². The van der Waals surface area contributed by atoms with Crippen LogP contribution < -0.4 is 29.2 Å². The Balaban J connectivity index is 0.000000207. The number of aromatic nitrogens is 3. The standard InChI is InChI=1S/C19H11F5N2O2.C16H14Cl2O4.C14H13F4N3O2S/c20-12-6-7-16(15(21)10-12)26-17(27)14-5-2-8-25-18(14)28-13-4-1-3-11(9-13)19(22,23)24;1-10(16(19)20-2)21-12-4-6-13(7-5-12)22-15-8-3-11(17)9-14(15)18;1-8(2)21(10-5-3-9(15)4-6-10)11(22)7-23-13-20-19-12(24-13)14(16,17)18/h1-10H,(H,26,27);3-10H,1-2H3;3-6,8H,7H2,1-2H3/t;10-;/m.0./s1. The van der Waals surface area contributed by atoms with Crippen molar-refractivity contribution in [2.24, 2.45) is 0 Å². The molecule has 0 aliphatic heterocycles. The van der Waals surface area contributed by atoms with Crippen molar-refractivity contribution in [2.75, 3.05) is 23.9 Å². The smallest absolute Gasteiger partial charge is 0.445 e. The van der Waals surface area contributed by atoms with Crippen LogP contribution in [0.5, 0.6) is 34.1 Å². The Morgan fingerprint density at radius 3 is 2.01 bits per heavy atom. The molecule has 7 aromatic rings. The van der Waals surface area contributed by atoms with Gasteiger partial charge in [0.25, 0.3) is 17.0 Å². The van der Waals surface area contributed by atoms with Gasteiger partial charge in [-0.2, -0.15) is 26.3 Å². The predicted octanol–water partition coefficient (Wildman–Crippen LogP) is 13.7. The number of methoxy groups -OCH3 is 1. The molecule has 2 amide bonds. The first kappa shape index (κ1) is 57.3. The molecule has 0 radical (unpaired) electrons. The summed E-state index contributed by atoms with van der Waals surface area (Å²) in [5, 5.41) is 7.91. The number of nitrogens with zero attached hydrogens (tertiary/aromatic N) is 4. The topological polar surface area (TPSA) is 151 Å². The van der Waals surface area contributed by atoms with Crippen LogP contribution in [0.4, 0.5) is 50.9 Å². The van der Waals surface area contributed by atoms with Crippen molar-refractivity contribution in [3.05, 3.63) is 171 Å². The molecule has 0 aliphatic carbocycles. The summed E-state index contributed by atoms with van der Waals surface area (Å²) >= 11 is 12.1. The highest BCUT2D eigenvalue weighted by Crippen LogP contribution is 2.36. The number of pyridine rings is 1. The number of carbonyl (C=O) groups excluding carboxylic acids is 3. The van der Waals surface area contributed by atoms with Crippen LogP contribution in [-0.2, 0) is 26.7 Å². The monoisotopic (exact) mass is 1100 g/mol. The third-order valence-corrected chi connectivity index (χ3v) is 10.6. The third-order valence-electron chi connectivity index (χ3n) is 9.22. The zero-order chi connectivity index (χ0) is 54.3. The predicted molar refractivity (Wildman–Crippen MR) is 255 cm³/mol. The lowest BCUT2D eigenvalue weighted by Crippen LogP contribution is -2.40. The molecule has 0 fully saturated rings. The molecule has 0 bridgehead atoms. The van der Waals surface area contributed by atoms with E-state index in [0.29, 0.717) is 39.0 Å². The number of alkyl halides is 6. The van der Waals surface area contributed by atoms with Gasteiger partial charge in [-0.25, -0.2) is 22.9 Å². The van der Waals surface area contributed by atoms with Gasteiger partial charge in [0.05, 0.1) is 23.4 Å². The van der Waals surface area contributed by atoms with Gasteiger partial charge in [-0.3, -0.25) is 9.59 Å². The molecule has 13 nitrogen and oxygen atoms in total. The minimum Gasteiger partial charge on any atom is -0.479 e. The van der Waals surface area contributed by atoms with Crippen molar-refractivity contribution in [1.29, 1.82) is 0 Å². The molecular weight excluding hydrogens is 1060 g/mol. The number of anilines is 2. The van der Waals surface area contributed by atoms with E-state index >= 15 is 0 Å². The number of hydrogen-bond acceptors (Lipinski definition) is 12. The van der Waals surface area contributed by atoms with Gasteiger partial charge in [0, 0.05) is 29.0 Å². The van der Waals surface area contributed by atoms with Crippen molar-refractivity contribution in [3.63, 3.8) is 0 Å². The number of ether oxygens (including phenoxy) is 5. The van der Waals surface area contributed by atoms with E-state index in [1.807, 2.05) is 0 Å². The maximum atomic E-state index is 13.7. The van der Waals surface area contributed by atoms with Gasteiger partial charge in [-0.1, -0.05) is 45.7 Å². The van der Waals surface area contributed by atoms with E-state index in [4.69, 9.17) is 42.1 Å². The molecule has 2 aromatic heterocycles. The van der Waals surface area contributed by atoms with E-state index in [1.54, 1.807) is 63.2 Å². The van der Waals surface area contributed by atoms with Crippen molar-refractivity contribution in [1.82, 2.24) is 15.2 Å². The van der Waals surface area contributed by atoms with Crippen LogP contribution in [0.1, 0.15) is 41.7 Å². The normalized spacial score (nSPS) is 11.5. The Bertz CT molecular complexity index is 3020. The summed E-state index contributed by atoms with van der Waals surface area (Å²) in [6.45, 7) is 4.59. The van der Waals surface area contributed by atoms with E-state index in [0.717, 1.165) is 30.3 Å². The minimum atomic E-state index is -4.61. The number of hydrogen-bond donors (Lipinski definition) is 1. The molecule has 0 spiro atoms. The molecule has 0 unspecified atom stereocenters. The highest BCUT2D eigenvalue weighted by molar-refractivity contribution is 7.13. The zero-order valence-electron chi connectivity index (χ0n) is 38.6. The van der Waals surface area contributed by atoms with Crippen molar-refractivity contribution in [2.45, 2.75) is 45.3 Å². The molecule has 0 aliphatic rings. The third kappa shape index (κ3) is 17.0. The van der Waals surface area contributed by atoms with Crippen LogP contribution in [-0.4, -0.2) is 58.8 Å². The summed E-state index contributed by atoms with van der Waals surface area (Å²) in [6.07, 6.45) is -8.58. The van der Waals surface area contributed by atoms with Gasteiger partial charge in [-0.15, -0.1) is 5.10 Å². The maximum Gasteiger partial charge on any atom is 0.445 e. The second-order valence-corrected chi connectivity index (χ2v) is 16.8. The molecular formula is C49H38Cl2F9N5O8S. The summed E-state index contributed by atoms with van der Waals surface area (Å²) in [7, 11) is 1.31. The Kier molecular flexibility index (Phi) is 20.0. The fourth-order valence-electron chi connectivity index (χ4n) is 5.87. The first-order valence-corrected chi connectivity index (χ1v) is 22.6. The molecule has 1 atom stereocenters. The number of esters is 1. The lowest BCUT2D eigenvalue weighted by atomic mass is 10.2. The van der Waals surface area contributed by atoms with Crippen LogP contribution in [0.15, 0.2) is 128 Å². The lowest BCUT2D eigenvalue weighted by molar-refractivity contribution is -0.148. The van der Waals surface area contributed by atoms with Gasteiger partial charge in [-0.05, 0) is 130 Å². The fraction of sp³-hybridized carbons (Fsp3) is 0.184. The number of amides is 2. The number of rotatable bonds is 14. The number of carbonyl (C=O) groups is 3. The second kappa shape index (κ2) is 25.8.